The predicted molar refractivity (Wildman–Crippen MR) is 63.9 cm³/mol. The van der Waals surface area contributed by atoms with Gasteiger partial charge >= 0.3 is 6.03 Å². The number of nitrogens with zero attached hydrogens (tertiary/aromatic N) is 1. The van der Waals surface area contributed by atoms with Gasteiger partial charge in [-0.25, -0.2) is 4.79 Å². The molecule has 6 nitrogen and oxygen atoms in total. The lowest BCUT2D eigenvalue weighted by atomic mass is 9.73. The summed E-state index contributed by atoms with van der Waals surface area (Å²) in [6.45, 7) is 0.819. The molecule has 2 atom stereocenters. The number of carbonyl (C=O) groups is 2. The first-order chi connectivity index (χ1) is 8.64. The monoisotopic (exact) mass is 253 g/mol. The fourth-order valence-electron chi connectivity index (χ4n) is 3.84. The van der Waals surface area contributed by atoms with Crippen molar-refractivity contribution in [1.29, 1.82) is 0 Å². The number of rotatable bonds is 2. The molecule has 0 aromatic rings. The Morgan fingerprint density at radius 3 is 2.44 bits per heavy atom. The third-order valence-corrected chi connectivity index (χ3v) is 4.55. The third kappa shape index (κ3) is 1.71. The third-order valence-electron chi connectivity index (χ3n) is 4.55. The topological polar surface area (TPSA) is 81.7 Å². The van der Waals surface area contributed by atoms with Crippen LogP contribution < -0.4 is 10.6 Å². The summed E-state index contributed by atoms with van der Waals surface area (Å²) in [6, 6.07) is 0.233. The van der Waals surface area contributed by atoms with Gasteiger partial charge in [0, 0.05) is 18.6 Å². The van der Waals surface area contributed by atoms with Crippen molar-refractivity contribution in [3.05, 3.63) is 0 Å². The summed E-state index contributed by atoms with van der Waals surface area (Å²) in [5.74, 6) is -0.173. The molecule has 6 heteroatoms. The van der Waals surface area contributed by atoms with Crippen LogP contribution in [0.3, 0.4) is 0 Å². The van der Waals surface area contributed by atoms with E-state index in [0.717, 1.165) is 12.8 Å². The van der Waals surface area contributed by atoms with Crippen LogP contribution in [0.4, 0.5) is 4.79 Å². The fourth-order valence-corrected chi connectivity index (χ4v) is 3.84. The molecule has 0 aromatic carbocycles. The number of piperidine rings is 2. The van der Waals surface area contributed by atoms with Gasteiger partial charge in [-0.05, 0) is 25.7 Å². The van der Waals surface area contributed by atoms with Gasteiger partial charge in [0.15, 0.2) is 0 Å². The van der Waals surface area contributed by atoms with Crippen LogP contribution in [-0.2, 0) is 4.79 Å². The lowest BCUT2D eigenvalue weighted by Crippen LogP contribution is -2.64. The molecule has 100 valence electrons. The molecule has 2 bridgehead atoms. The molecule has 3 heterocycles. The largest absolute Gasteiger partial charge is 0.395 e. The van der Waals surface area contributed by atoms with Crippen LogP contribution in [0.1, 0.15) is 32.1 Å². The van der Waals surface area contributed by atoms with Gasteiger partial charge in [0.2, 0.25) is 0 Å². The zero-order chi connectivity index (χ0) is 12.8. The van der Waals surface area contributed by atoms with E-state index in [1.807, 2.05) is 0 Å². The van der Waals surface area contributed by atoms with Crippen molar-refractivity contribution in [2.24, 2.45) is 0 Å². The minimum absolute atomic E-state index is 0.151. The van der Waals surface area contributed by atoms with E-state index in [9.17, 15) is 9.59 Å². The molecule has 3 rings (SSSR count). The van der Waals surface area contributed by atoms with E-state index >= 15 is 0 Å². The highest BCUT2D eigenvalue weighted by atomic mass is 16.3. The van der Waals surface area contributed by atoms with E-state index in [0.29, 0.717) is 31.5 Å². The maximum absolute atomic E-state index is 12.0. The number of aliphatic hydroxyl groups is 1. The van der Waals surface area contributed by atoms with Crippen LogP contribution in [0.5, 0.6) is 0 Å². The van der Waals surface area contributed by atoms with Gasteiger partial charge in [0.25, 0.3) is 5.91 Å². The molecule has 3 fully saturated rings. The lowest BCUT2D eigenvalue weighted by molar-refractivity contribution is -0.129. The van der Waals surface area contributed by atoms with Crippen molar-refractivity contribution in [3.8, 4) is 0 Å². The van der Waals surface area contributed by atoms with Gasteiger partial charge < -0.3 is 10.4 Å². The molecule has 1 spiro atoms. The Kier molecular flexibility index (Phi) is 2.79. The van der Waals surface area contributed by atoms with Gasteiger partial charge in [-0.15, -0.1) is 0 Å². The summed E-state index contributed by atoms with van der Waals surface area (Å²) >= 11 is 0. The molecule has 3 N–H and O–H groups in total. The van der Waals surface area contributed by atoms with Crippen LogP contribution in [-0.4, -0.2) is 52.7 Å². The Morgan fingerprint density at radius 2 is 1.94 bits per heavy atom. The van der Waals surface area contributed by atoms with Crippen molar-refractivity contribution < 1.29 is 14.7 Å². The second-order valence-corrected chi connectivity index (χ2v) is 5.60. The number of hydrogen-bond acceptors (Lipinski definition) is 4. The molecular weight excluding hydrogens is 234 g/mol. The summed E-state index contributed by atoms with van der Waals surface area (Å²) in [7, 11) is 0. The van der Waals surface area contributed by atoms with Crippen LogP contribution >= 0.6 is 0 Å². The van der Waals surface area contributed by atoms with Crippen molar-refractivity contribution in [1.82, 2.24) is 15.5 Å². The number of carbonyl (C=O) groups excluding carboxylic acids is 2. The summed E-state index contributed by atoms with van der Waals surface area (Å²) < 4.78 is 0. The van der Waals surface area contributed by atoms with Gasteiger partial charge in [-0.2, -0.15) is 0 Å². The number of aliphatic hydroxyl groups excluding tert-OH is 1. The fraction of sp³-hybridized carbons (Fsp3) is 0.833. The zero-order valence-corrected chi connectivity index (χ0v) is 10.3. The first-order valence-electron chi connectivity index (χ1n) is 6.65. The summed E-state index contributed by atoms with van der Waals surface area (Å²) in [6.07, 6.45) is 4.59. The highest BCUT2D eigenvalue weighted by Crippen LogP contribution is 2.40. The Bertz CT molecular complexity index is 371. The van der Waals surface area contributed by atoms with Gasteiger partial charge in [-0.3, -0.25) is 15.0 Å². The summed E-state index contributed by atoms with van der Waals surface area (Å²) in [5, 5.41) is 14.3. The van der Waals surface area contributed by atoms with Crippen LogP contribution in [0.25, 0.3) is 0 Å². The summed E-state index contributed by atoms with van der Waals surface area (Å²) in [5.41, 5.74) is -0.696. The standard InChI is InChI=1S/C12H19N3O3/c16-5-4-15-8-2-1-3-9(15)7-12(6-8)10(17)13-11(18)14-12/h8-9,16H,1-7H2,(H2,13,14,17,18)/t8-,9-/m1/s1. The number of fused-ring (bicyclic) bond motifs is 2. The Balaban J connectivity index is 1.83. The van der Waals surface area contributed by atoms with Crippen molar-refractivity contribution in [3.63, 3.8) is 0 Å². The minimum Gasteiger partial charge on any atom is -0.395 e. The van der Waals surface area contributed by atoms with Gasteiger partial charge in [-0.1, -0.05) is 6.42 Å². The predicted octanol–water partition coefficient (Wildman–Crippen LogP) is -0.426. The molecule has 18 heavy (non-hydrogen) atoms. The number of imide groups is 1. The molecule has 0 saturated carbocycles. The van der Waals surface area contributed by atoms with Crippen LogP contribution in [0.2, 0.25) is 0 Å². The first kappa shape index (κ1) is 11.9. The maximum atomic E-state index is 12.0. The Labute approximate surface area is 106 Å². The van der Waals surface area contributed by atoms with Crippen LogP contribution in [0.15, 0.2) is 0 Å². The average molecular weight is 253 g/mol. The second-order valence-electron chi connectivity index (χ2n) is 5.60. The lowest BCUT2D eigenvalue weighted by Gasteiger charge is -2.51. The van der Waals surface area contributed by atoms with E-state index in [2.05, 4.69) is 15.5 Å². The molecule has 0 radical (unpaired) electrons. The van der Waals surface area contributed by atoms with Crippen LogP contribution in [0, 0.1) is 0 Å². The van der Waals surface area contributed by atoms with E-state index in [1.54, 1.807) is 0 Å². The molecule has 0 unspecified atom stereocenters. The SMILES string of the molecule is O=C1NC(=O)C2(C[C@H]3CCC[C@H](C2)N3CCO)N1. The van der Waals surface area contributed by atoms with E-state index in [4.69, 9.17) is 5.11 Å². The zero-order valence-electron chi connectivity index (χ0n) is 10.3. The number of nitrogens with one attached hydrogen (secondary N) is 2. The van der Waals surface area contributed by atoms with E-state index in [1.165, 1.54) is 6.42 Å². The van der Waals surface area contributed by atoms with Gasteiger partial charge in [0.05, 0.1) is 6.61 Å². The first-order valence-corrected chi connectivity index (χ1v) is 6.65. The quantitative estimate of drug-likeness (QED) is 0.583. The highest BCUT2D eigenvalue weighted by Gasteiger charge is 2.54. The Morgan fingerprint density at radius 1 is 1.28 bits per heavy atom. The van der Waals surface area contributed by atoms with E-state index < -0.39 is 5.54 Å². The second kappa shape index (κ2) is 4.20. The molecule has 0 aromatic heterocycles. The molecule has 0 aliphatic carbocycles. The molecule has 3 aliphatic heterocycles. The number of amides is 3. The van der Waals surface area contributed by atoms with Crippen molar-refractivity contribution >= 4 is 11.9 Å². The minimum atomic E-state index is -0.696. The van der Waals surface area contributed by atoms with Crippen molar-refractivity contribution in [2.75, 3.05) is 13.2 Å². The number of hydrogen-bond donors (Lipinski definition) is 3. The maximum Gasteiger partial charge on any atom is 0.322 e. The normalized spacial score (nSPS) is 39.8. The molecule has 3 amide bonds. The van der Waals surface area contributed by atoms with Crippen molar-refractivity contribution in [2.45, 2.75) is 49.7 Å². The Hall–Kier alpha value is -1.14. The summed E-state index contributed by atoms with van der Waals surface area (Å²) in [4.78, 5) is 25.7. The molecule has 3 saturated heterocycles. The van der Waals surface area contributed by atoms with E-state index in [-0.39, 0.29) is 18.5 Å². The highest BCUT2D eigenvalue weighted by molar-refractivity contribution is 6.07. The van der Waals surface area contributed by atoms with Gasteiger partial charge in [0.1, 0.15) is 5.54 Å². The smallest absolute Gasteiger partial charge is 0.322 e. The number of urea groups is 1. The molecular formula is C12H19N3O3. The molecule has 3 aliphatic rings. The average Bonchev–Trinajstić information content (AvgIpc) is 2.55.